The Labute approximate surface area is 184 Å². The lowest BCUT2D eigenvalue weighted by Gasteiger charge is -2.12. The third-order valence-electron chi connectivity index (χ3n) is 4.45. The molecule has 2 aromatic carbocycles. The van der Waals surface area contributed by atoms with Crippen LogP contribution in [0, 0.1) is 5.82 Å². The predicted molar refractivity (Wildman–Crippen MR) is 109 cm³/mol. The fourth-order valence-electron chi connectivity index (χ4n) is 2.96. The summed E-state index contributed by atoms with van der Waals surface area (Å²) in [5.41, 5.74) is -1.38. The van der Waals surface area contributed by atoms with Crippen LogP contribution >= 0.6 is 0 Å². The number of hydrogen-bond donors (Lipinski definition) is 1. The first kappa shape index (κ1) is 21.9. The molecular weight excluding hydrogens is 442 g/mol. The van der Waals surface area contributed by atoms with E-state index in [9.17, 15) is 22.4 Å². The Morgan fingerprint density at radius 3 is 2.55 bits per heavy atom. The molecule has 2 heterocycles. The van der Waals surface area contributed by atoms with E-state index >= 15 is 0 Å². The van der Waals surface area contributed by atoms with Gasteiger partial charge in [-0.2, -0.15) is 13.2 Å². The van der Waals surface area contributed by atoms with Gasteiger partial charge in [-0.1, -0.05) is 17.3 Å². The molecule has 4 rings (SSSR count). The molecule has 0 saturated heterocycles. The van der Waals surface area contributed by atoms with Crippen molar-refractivity contribution in [3.8, 4) is 11.4 Å². The normalized spacial score (nSPS) is 11.3. The van der Waals surface area contributed by atoms with Crippen LogP contribution in [0.15, 0.2) is 73.1 Å². The molecule has 2 aromatic heterocycles. The summed E-state index contributed by atoms with van der Waals surface area (Å²) in [5.74, 6) is -1.35. The first-order valence-corrected chi connectivity index (χ1v) is 9.53. The fraction of sp³-hybridized carbons (Fsp3) is 0.0909. The number of carbonyl (C=O) groups is 1. The zero-order valence-electron chi connectivity index (χ0n) is 16.8. The van der Waals surface area contributed by atoms with Crippen molar-refractivity contribution in [1.29, 1.82) is 0 Å². The summed E-state index contributed by atoms with van der Waals surface area (Å²) in [6.07, 6.45) is -1.69. The number of halogens is 4. The molecule has 168 valence electrons. The smallest absolute Gasteiger partial charge is 0.435 e. The number of benzene rings is 2. The van der Waals surface area contributed by atoms with Gasteiger partial charge in [-0.3, -0.25) is 9.78 Å². The molecule has 0 saturated carbocycles. The van der Waals surface area contributed by atoms with Crippen molar-refractivity contribution in [1.82, 2.24) is 20.0 Å². The third kappa shape index (κ3) is 5.14. The van der Waals surface area contributed by atoms with Gasteiger partial charge in [-0.05, 0) is 42.5 Å². The van der Waals surface area contributed by atoms with E-state index in [4.69, 9.17) is 4.74 Å². The summed E-state index contributed by atoms with van der Waals surface area (Å²) in [4.78, 5) is 16.6. The van der Waals surface area contributed by atoms with E-state index in [-0.39, 0.29) is 18.0 Å². The molecule has 11 heteroatoms. The summed E-state index contributed by atoms with van der Waals surface area (Å²) in [6.45, 7) is 0.218. The quantitative estimate of drug-likeness (QED) is 0.426. The van der Waals surface area contributed by atoms with Gasteiger partial charge in [0.05, 0.1) is 5.69 Å². The summed E-state index contributed by atoms with van der Waals surface area (Å²) >= 11 is 0. The molecule has 4 aromatic rings. The molecule has 7 nitrogen and oxygen atoms in total. The predicted octanol–water partition coefficient (Wildman–Crippen LogP) is 4.65. The minimum atomic E-state index is -4.95. The van der Waals surface area contributed by atoms with E-state index in [1.165, 1.54) is 12.1 Å². The van der Waals surface area contributed by atoms with Crippen molar-refractivity contribution in [2.75, 3.05) is 5.32 Å². The Bertz CT molecular complexity index is 1260. The number of carbonyl (C=O) groups excluding carboxylic acids is 1. The van der Waals surface area contributed by atoms with Crippen molar-refractivity contribution in [2.24, 2.45) is 0 Å². The number of rotatable bonds is 6. The van der Waals surface area contributed by atoms with Crippen LogP contribution in [-0.4, -0.2) is 25.9 Å². The molecule has 0 aliphatic heterocycles. The maximum Gasteiger partial charge on any atom is 0.435 e. The summed E-state index contributed by atoms with van der Waals surface area (Å²) in [5, 5.41) is 9.26. The van der Waals surface area contributed by atoms with E-state index in [1.807, 2.05) is 6.07 Å². The number of alkyl halides is 3. The van der Waals surface area contributed by atoms with Crippen molar-refractivity contribution >= 4 is 11.6 Å². The number of amides is 1. The maximum absolute atomic E-state index is 13.8. The van der Waals surface area contributed by atoms with Crippen LogP contribution in [0.3, 0.4) is 0 Å². The van der Waals surface area contributed by atoms with Gasteiger partial charge in [-0.25, -0.2) is 9.07 Å². The van der Waals surface area contributed by atoms with E-state index in [0.717, 1.165) is 29.8 Å². The average Bonchev–Trinajstić information content (AvgIpc) is 3.25. The number of nitrogens with zero attached hydrogens (tertiary/aromatic N) is 4. The van der Waals surface area contributed by atoms with Crippen molar-refractivity contribution in [3.05, 3.63) is 95.8 Å². The summed E-state index contributed by atoms with van der Waals surface area (Å²) in [7, 11) is 0. The first-order valence-electron chi connectivity index (χ1n) is 9.53. The molecule has 0 radical (unpaired) electrons. The molecule has 0 bridgehead atoms. The topological polar surface area (TPSA) is 81.9 Å². The van der Waals surface area contributed by atoms with E-state index in [2.05, 4.69) is 20.6 Å². The number of hydrogen-bond acceptors (Lipinski definition) is 5. The Hall–Kier alpha value is -4.28. The standard InChI is InChI=1S/C22H15F4N5O2/c23-15-6-8-17(9-7-15)31-20(22(24,25)26)19(29-30-31)21(32)28-16-4-1-5-18(11-16)33-13-14-3-2-10-27-12-14/h1-12H,13H2,(H,28,32). The second-order valence-corrected chi connectivity index (χ2v) is 6.80. The largest absolute Gasteiger partial charge is 0.489 e. The average molecular weight is 457 g/mol. The van der Waals surface area contributed by atoms with Crippen LogP contribution in [0.4, 0.5) is 23.2 Å². The molecular formula is C22H15F4N5O2. The summed E-state index contributed by atoms with van der Waals surface area (Å²) in [6, 6.07) is 13.9. The van der Waals surface area contributed by atoms with E-state index < -0.39 is 29.3 Å². The molecule has 0 spiro atoms. The molecule has 0 atom stereocenters. The maximum atomic E-state index is 13.8. The highest BCUT2D eigenvalue weighted by molar-refractivity contribution is 6.03. The zero-order chi connectivity index (χ0) is 23.4. The van der Waals surface area contributed by atoms with Crippen molar-refractivity contribution in [2.45, 2.75) is 12.8 Å². The van der Waals surface area contributed by atoms with E-state index in [0.29, 0.717) is 10.4 Å². The highest BCUT2D eigenvalue weighted by Gasteiger charge is 2.42. The molecule has 0 aliphatic carbocycles. The van der Waals surface area contributed by atoms with Crippen LogP contribution in [0.25, 0.3) is 5.69 Å². The highest BCUT2D eigenvalue weighted by Crippen LogP contribution is 2.33. The molecule has 33 heavy (non-hydrogen) atoms. The minimum Gasteiger partial charge on any atom is -0.489 e. The number of aromatic nitrogens is 4. The Morgan fingerprint density at radius 2 is 1.85 bits per heavy atom. The van der Waals surface area contributed by atoms with Crippen molar-refractivity contribution in [3.63, 3.8) is 0 Å². The van der Waals surface area contributed by atoms with Gasteiger partial charge in [0.25, 0.3) is 5.91 Å². The second kappa shape index (κ2) is 9.07. The first-order chi connectivity index (χ1) is 15.8. The molecule has 0 aliphatic rings. The highest BCUT2D eigenvalue weighted by atomic mass is 19.4. The fourth-order valence-corrected chi connectivity index (χ4v) is 2.96. The second-order valence-electron chi connectivity index (χ2n) is 6.80. The lowest BCUT2D eigenvalue weighted by molar-refractivity contribution is -0.143. The monoisotopic (exact) mass is 457 g/mol. The minimum absolute atomic E-state index is 0.0962. The molecule has 0 fully saturated rings. The van der Waals surface area contributed by atoms with Crippen LogP contribution in [0.2, 0.25) is 0 Å². The number of pyridine rings is 1. The van der Waals surface area contributed by atoms with Gasteiger partial charge >= 0.3 is 6.18 Å². The lowest BCUT2D eigenvalue weighted by Crippen LogP contribution is -2.21. The van der Waals surface area contributed by atoms with Gasteiger partial charge in [0.2, 0.25) is 0 Å². The lowest BCUT2D eigenvalue weighted by atomic mass is 10.2. The number of nitrogens with one attached hydrogen (secondary N) is 1. The summed E-state index contributed by atoms with van der Waals surface area (Å²) < 4.78 is 60.5. The Kier molecular flexibility index (Phi) is 6.03. The van der Waals surface area contributed by atoms with Crippen LogP contribution < -0.4 is 10.1 Å². The van der Waals surface area contributed by atoms with Crippen molar-refractivity contribution < 1.29 is 27.1 Å². The Morgan fingerprint density at radius 1 is 1.06 bits per heavy atom. The third-order valence-corrected chi connectivity index (χ3v) is 4.45. The van der Waals surface area contributed by atoms with Gasteiger partial charge in [-0.15, -0.1) is 5.10 Å². The molecule has 1 amide bonds. The Balaban J connectivity index is 1.56. The van der Waals surface area contributed by atoms with Crippen LogP contribution in [0.1, 0.15) is 21.7 Å². The SMILES string of the molecule is O=C(Nc1cccc(OCc2cccnc2)c1)c1nnn(-c2ccc(F)cc2)c1C(F)(F)F. The van der Waals surface area contributed by atoms with Crippen LogP contribution in [-0.2, 0) is 12.8 Å². The molecule has 0 unspecified atom stereocenters. The van der Waals surface area contributed by atoms with Crippen LogP contribution in [0.5, 0.6) is 5.75 Å². The van der Waals surface area contributed by atoms with Gasteiger partial charge in [0, 0.05) is 29.7 Å². The number of ether oxygens (including phenoxy) is 1. The zero-order valence-corrected chi connectivity index (χ0v) is 16.8. The van der Waals surface area contributed by atoms with Gasteiger partial charge in [0.1, 0.15) is 18.2 Å². The van der Waals surface area contributed by atoms with E-state index in [1.54, 1.807) is 30.6 Å². The van der Waals surface area contributed by atoms with Gasteiger partial charge < -0.3 is 10.1 Å². The number of anilines is 1. The molecule has 1 N–H and O–H groups in total. The van der Waals surface area contributed by atoms with Gasteiger partial charge in [0.15, 0.2) is 11.4 Å².